The summed E-state index contributed by atoms with van der Waals surface area (Å²) in [5, 5.41) is 9.10. The maximum atomic E-state index is 13.1. The van der Waals surface area contributed by atoms with Gasteiger partial charge < -0.3 is 24.0 Å². The molecule has 0 amide bonds. The lowest BCUT2D eigenvalue weighted by molar-refractivity contribution is -0.190. The lowest BCUT2D eigenvalue weighted by Crippen LogP contribution is -2.46. The van der Waals surface area contributed by atoms with Crippen molar-refractivity contribution < 1.29 is 21.1 Å². The smallest absolute Gasteiger partial charge is 0.350 e. The van der Waals surface area contributed by atoms with Crippen LogP contribution in [0.4, 0.5) is 11.4 Å². The summed E-state index contributed by atoms with van der Waals surface area (Å²) in [4.78, 5) is 21.7. The summed E-state index contributed by atoms with van der Waals surface area (Å²) in [6, 6.07) is 18.2. The molecule has 0 N–H and O–H groups in total. The zero-order valence-electron chi connectivity index (χ0n) is 31.7. The van der Waals surface area contributed by atoms with Crippen molar-refractivity contribution in [3.8, 4) is 11.4 Å². The molecule has 7 rings (SSSR count). The van der Waals surface area contributed by atoms with Gasteiger partial charge in [-0.05, 0) is 74.0 Å². The third-order valence-corrected chi connectivity index (χ3v) is 9.19. The van der Waals surface area contributed by atoms with Gasteiger partial charge in [-0.15, -0.1) is 0 Å². The minimum atomic E-state index is -2.64. The predicted octanol–water partition coefficient (Wildman–Crippen LogP) is 5.58. The highest BCUT2D eigenvalue weighted by molar-refractivity contribution is 6.35. The predicted molar refractivity (Wildman–Crippen MR) is 188 cm³/mol. The van der Waals surface area contributed by atoms with Gasteiger partial charge in [-0.2, -0.15) is 10.2 Å². The quantitative estimate of drug-likeness (QED) is 0.174. The van der Waals surface area contributed by atoms with Gasteiger partial charge in [0.2, 0.25) is 5.79 Å². The van der Waals surface area contributed by atoms with Crippen LogP contribution >= 0.6 is 23.2 Å². The Kier molecular flexibility index (Phi) is 7.98. The molecule has 0 saturated carbocycles. The number of halogens is 2. The molecule has 2 aromatic heterocycles. The van der Waals surface area contributed by atoms with Crippen LogP contribution in [0.5, 0.6) is 5.75 Å². The summed E-state index contributed by atoms with van der Waals surface area (Å²) in [6.45, 7) is 3.08. The third kappa shape index (κ3) is 7.04. The Hall–Kier alpha value is -4.36. The molecule has 2 aliphatic rings. The van der Waals surface area contributed by atoms with Crippen LogP contribution in [-0.4, -0.2) is 74.6 Å². The van der Waals surface area contributed by atoms with E-state index < -0.39 is 30.7 Å². The highest BCUT2D eigenvalue weighted by Crippen LogP contribution is 2.40. The van der Waals surface area contributed by atoms with Gasteiger partial charge in [0.15, 0.2) is 0 Å². The van der Waals surface area contributed by atoms with Gasteiger partial charge in [0.1, 0.15) is 44.0 Å². The van der Waals surface area contributed by atoms with Crippen LogP contribution in [0.15, 0.2) is 90.5 Å². The Morgan fingerprint density at radius 2 is 1.69 bits per heavy atom. The van der Waals surface area contributed by atoms with Crippen molar-refractivity contribution in [3.63, 3.8) is 0 Å². The van der Waals surface area contributed by atoms with E-state index in [0.717, 1.165) is 44.5 Å². The van der Waals surface area contributed by atoms with E-state index >= 15 is 0 Å². The van der Waals surface area contributed by atoms with Crippen LogP contribution in [0.1, 0.15) is 38.6 Å². The summed E-state index contributed by atoms with van der Waals surface area (Å²) in [5.41, 5.74) is 2.48. The summed E-state index contributed by atoms with van der Waals surface area (Å²) in [7, 11) is 0. The molecule has 4 heterocycles. The molecule has 3 atom stereocenters. The number of hydrogen-bond donors (Lipinski definition) is 0. The van der Waals surface area contributed by atoms with Gasteiger partial charge in [-0.25, -0.2) is 23.7 Å². The molecule has 0 radical (unpaired) electrons. The molecule has 1 unspecified atom stereocenters. The number of rotatable bonds is 11. The minimum absolute atomic E-state index is 0.240. The zero-order valence-corrected chi connectivity index (χ0v) is 28.2. The van der Waals surface area contributed by atoms with E-state index in [9.17, 15) is 4.79 Å². The molecular formula is C35H38Cl2N8O4. The van der Waals surface area contributed by atoms with Crippen LogP contribution in [0, 0.1) is 0 Å². The lowest BCUT2D eigenvalue weighted by atomic mass is 10.1. The number of aromatic nitrogens is 6. The number of nitrogens with zero attached hydrogens (tertiary/aromatic N) is 8. The fourth-order valence-electron chi connectivity index (χ4n) is 6.04. The largest absolute Gasteiger partial charge is 0.491 e. The van der Waals surface area contributed by atoms with Crippen LogP contribution in [0.25, 0.3) is 5.69 Å². The van der Waals surface area contributed by atoms with Crippen LogP contribution in [0.3, 0.4) is 0 Å². The molecule has 2 saturated heterocycles. The number of anilines is 2. The SMILES string of the molecule is [2H]C([2H])C([2H])([2H])C([2H])(C)n1ncn(-c2ccc(N3CCN(c4ccc(OC[C@H]5CO[C@](Cn6cncn6)(c6ccc(Cl)cc6Cl)O5)cc4)CC3)cc2)c1=O. The van der Waals surface area contributed by atoms with E-state index in [0.29, 0.717) is 31.7 Å². The van der Waals surface area contributed by atoms with Crippen LogP contribution in [-0.2, 0) is 21.8 Å². The molecule has 3 aromatic carbocycles. The summed E-state index contributed by atoms with van der Waals surface area (Å²) >= 11 is 12.7. The minimum Gasteiger partial charge on any atom is -0.491 e. The summed E-state index contributed by atoms with van der Waals surface area (Å²) in [6.07, 6.45) is 1.25. The van der Waals surface area contributed by atoms with Crippen molar-refractivity contribution in [3.05, 3.63) is 112 Å². The van der Waals surface area contributed by atoms with Gasteiger partial charge in [-0.1, -0.05) is 36.1 Å². The second-order valence-electron chi connectivity index (χ2n) is 11.7. The maximum Gasteiger partial charge on any atom is 0.350 e. The van der Waals surface area contributed by atoms with E-state index in [2.05, 4.69) is 25.0 Å². The zero-order chi connectivity index (χ0) is 38.3. The molecule has 5 aromatic rings. The van der Waals surface area contributed by atoms with Crippen molar-refractivity contribution in [2.24, 2.45) is 0 Å². The van der Waals surface area contributed by atoms with E-state index in [1.165, 1.54) is 17.2 Å². The van der Waals surface area contributed by atoms with Gasteiger partial charge in [0.05, 0.1) is 24.7 Å². The first-order valence-electron chi connectivity index (χ1n) is 18.4. The molecule has 0 bridgehead atoms. The molecule has 0 spiro atoms. The highest BCUT2D eigenvalue weighted by Gasteiger charge is 2.45. The lowest BCUT2D eigenvalue weighted by Gasteiger charge is -2.37. The van der Waals surface area contributed by atoms with Gasteiger partial charge in [0, 0.05) is 53.6 Å². The summed E-state index contributed by atoms with van der Waals surface area (Å²) in [5.74, 6) is -0.490. The number of ether oxygens (including phenoxy) is 3. The monoisotopic (exact) mass is 709 g/mol. The van der Waals surface area contributed by atoms with E-state index in [1.807, 2.05) is 36.4 Å². The van der Waals surface area contributed by atoms with Crippen molar-refractivity contribution in [2.75, 3.05) is 49.2 Å². The van der Waals surface area contributed by atoms with Gasteiger partial charge in [0.25, 0.3) is 0 Å². The standard InChI is InChI=1S/C35H38Cl2N8O4/c1-3-25(2)45-34(46)44(24-40-45)29-7-5-27(6-8-29)41-14-16-42(17-15-41)28-9-11-30(12-10-28)47-19-31-20-48-35(49-31,21-43-23-38-22-39-43)32-13-4-26(36)18-33(32)37/h4-13,18,22-25,31H,3,14-17,19-21H2,1-2H3/t25?,31-,35-/m0/s1/i1D2,3D2,25D. The molecular weight excluding hydrogens is 667 g/mol. The number of piperazine rings is 1. The fraction of sp³-hybridized carbons (Fsp3) is 0.371. The first-order valence-corrected chi connectivity index (χ1v) is 16.5. The molecule has 12 nitrogen and oxygen atoms in total. The maximum absolute atomic E-state index is 13.1. The topological polar surface area (TPSA) is 105 Å². The van der Waals surface area contributed by atoms with E-state index in [4.69, 9.17) is 44.3 Å². The van der Waals surface area contributed by atoms with Crippen molar-refractivity contribution in [1.29, 1.82) is 0 Å². The van der Waals surface area contributed by atoms with E-state index in [-0.39, 0.29) is 25.9 Å². The molecule has 0 aliphatic carbocycles. The van der Waals surface area contributed by atoms with Gasteiger partial charge >= 0.3 is 5.69 Å². The fourth-order valence-corrected chi connectivity index (χ4v) is 6.60. The average molecular weight is 711 g/mol. The molecule has 256 valence electrons. The Balaban J connectivity index is 0.928. The Labute approximate surface area is 301 Å². The van der Waals surface area contributed by atoms with Gasteiger partial charge in [-0.3, -0.25) is 0 Å². The Bertz CT molecular complexity index is 2110. The highest BCUT2D eigenvalue weighted by atomic mass is 35.5. The van der Waals surface area contributed by atoms with Crippen molar-refractivity contribution >= 4 is 34.6 Å². The van der Waals surface area contributed by atoms with Crippen LogP contribution in [0.2, 0.25) is 10.0 Å². The second-order valence-corrected chi connectivity index (χ2v) is 12.6. The third-order valence-electron chi connectivity index (χ3n) is 8.64. The summed E-state index contributed by atoms with van der Waals surface area (Å²) < 4.78 is 61.9. The Morgan fingerprint density at radius 3 is 2.35 bits per heavy atom. The van der Waals surface area contributed by atoms with Crippen LogP contribution < -0.4 is 20.2 Å². The second kappa shape index (κ2) is 14.2. The van der Waals surface area contributed by atoms with E-state index in [1.54, 1.807) is 41.3 Å². The molecule has 49 heavy (non-hydrogen) atoms. The van der Waals surface area contributed by atoms with Crippen molar-refractivity contribution in [2.45, 2.75) is 44.6 Å². The molecule has 14 heteroatoms. The first kappa shape index (κ1) is 27.5. The number of hydrogen-bond acceptors (Lipinski definition) is 9. The number of benzene rings is 3. The Morgan fingerprint density at radius 1 is 1.00 bits per heavy atom. The normalized spacial score (nSPS) is 22.6. The average Bonchev–Trinajstić information content (AvgIpc) is 3.92. The molecule has 2 aliphatic heterocycles. The van der Waals surface area contributed by atoms with Crippen molar-refractivity contribution in [1.82, 2.24) is 29.1 Å². The first-order chi connectivity index (χ1) is 25.8. The molecule has 2 fully saturated rings.